The number of rotatable bonds is 4. The standard InChI is InChI=1S/C14H15ClN2O2/c1-4-5-17(10(3)13(16)18)14(19)11-6-9(2)7-12(15)8-11/h1,6-8,10H,5H2,2-3H3,(H2,16,18). The molecule has 0 radical (unpaired) electrons. The molecule has 0 aliphatic rings. The molecule has 0 spiro atoms. The summed E-state index contributed by atoms with van der Waals surface area (Å²) in [5.74, 6) is 1.37. The van der Waals surface area contributed by atoms with Crippen LogP contribution in [0.4, 0.5) is 0 Å². The largest absolute Gasteiger partial charge is 0.368 e. The van der Waals surface area contributed by atoms with Crippen LogP contribution in [-0.2, 0) is 4.79 Å². The molecule has 1 aromatic rings. The first-order chi connectivity index (χ1) is 8.86. The van der Waals surface area contributed by atoms with E-state index in [1.165, 1.54) is 17.9 Å². The number of hydrogen-bond donors (Lipinski definition) is 1. The van der Waals surface area contributed by atoms with Crippen LogP contribution in [0.5, 0.6) is 0 Å². The van der Waals surface area contributed by atoms with Gasteiger partial charge in [0.2, 0.25) is 5.91 Å². The van der Waals surface area contributed by atoms with E-state index in [4.69, 9.17) is 23.8 Å². The summed E-state index contributed by atoms with van der Waals surface area (Å²) in [5, 5.41) is 0.454. The van der Waals surface area contributed by atoms with Crippen molar-refractivity contribution in [3.8, 4) is 12.3 Å². The molecular formula is C14H15ClN2O2. The first kappa shape index (κ1) is 15.1. The van der Waals surface area contributed by atoms with Crippen LogP contribution in [0, 0.1) is 19.3 Å². The van der Waals surface area contributed by atoms with E-state index in [1.54, 1.807) is 12.1 Å². The van der Waals surface area contributed by atoms with E-state index in [0.29, 0.717) is 10.6 Å². The van der Waals surface area contributed by atoms with E-state index in [2.05, 4.69) is 5.92 Å². The number of nitrogens with two attached hydrogens (primary N) is 1. The molecule has 0 aliphatic carbocycles. The van der Waals surface area contributed by atoms with Crippen molar-refractivity contribution in [3.63, 3.8) is 0 Å². The molecule has 1 unspecified atom stereocenters. The average Bonchev–Trinajstić information content (AvgIpc) is 2.33. The number of carbonyl (C=O) groups is 2. The summed E-state index contributed by atoms with van der Waals surface area (Å²) >= 11 is 5.92. The van der Waals surface area contributed by atoms with Crippen molar-refractivity contribution in [3.05, 3.63) is 34.3 Å². The summed E-state index contributed by atoms with van der Waals surface area (Å²) in [6.45, 7) is 3.37. The molecular weight excluding hydrogens is 264 g/mol. The van der Waals surface area contributed by atoms with Crippen molar-refractivity contribution in [2.24, 2.45) is 5.73 Å². The van der Waals surface area contributed by atoms with E-state index < -0.39 is 11.9 Å². The first-order valence-corrected chi connectivity index (χ1v) is 6.05. The fourth-order valence-corrected chi connectivity index (χ4v) is 1.95. The van der Waals surface area contributed by atoms with Crippen molar-refractivity contribution in [2.75, 3.05) is 6.54 Å². The minimum absolute atomic E-state index is 0.00843. The molecule has 19 heavy (non-hydrogen) atoms. The third kappa shape index (κ3) is 3.73. The molecule has 4 nitrogen and oxygen atoms in total. The van der Waals surface area contributed by atoms with E-state index in [1.807, 2.05) is 6.92 Å². The van der Waals surface area contributed by atoms with E-state index in [0.717, 1.165) is 5.56 Å². The highest BCUT2D eigenvalue weighted by molar-refractivity contribution is 6.31. The monoisotopic (exact) mass is 278 g/mol. The predicted molar refractivity (Wildman–Crippen MR) is 74.7 cm³/mol. The highest BCUT2D eigenvalue weighted by atomic mass is 35.5. The number of nitrogens with zero attached hydrogens (tertiary/aromatic N) is 1. The number of primary amides is 1. The maximum absolute atomic E-state index is 12.3. The van der Waals surface area contributed by atoms with Crippen molar-refractivity contribution in [1.82, 2.24) is 4.90 Å². The van der Waals surface area contributed by atoms with Crippen molar-refractivity contribution in [2.45, 2.75) is 19.9 Å². The Balaban J connectivity index is 3.13. The number of amides is 2. The van der Waals surface area contributed by atoms with Gasteiger partial charge in [-0.2, -0.15) is 0 Å². The van der Waals surface area contributed by atoms with Crippen LogP contribution in [0.3, 0.4) is 0 Å². The molecule has 1 atom stereocenters. The SMILES string of the molecule is C#CCN(C(=O)c1cc(C)cc(Cl)c1)C(C)C(N)=O. The van der Waals surface area contributed by atoms with Crippen LogP contribution in [-0.4, -0.2) is 29.3 Å². The fourth-order valence-electron chi connectivity index (χ4n) is 1.66. The van der Waals surface area contributed by atoms with E-state index >= 15 is 0 Å². The number of halogens is 1. The van der Waals surface area contributed by atoms with Gasteiger partial charge >= 0.3 is 0 Å². The van der Waals surface area contributed by atoms with Crippen LogP contribution in [0.2, 0.25) is 5.02 Å². The Morgan fingerprint density at radius 1 is 1.47 bits per heavy atom. The summed E-state index contributed by atoms with van der Waals surface area (Å²) < 4.78 is 0. The lowest BCUT2D eigenvalue weighted by molar-refractivity contribution is -0.121. The average molecular weight is 279 g/mol. The number of terminal acetylenes is 1. The predicted octanol–water partition coefficient (Wildman–Crippen LogP) is 1.60. The van der Waals surface area contributed by atoms with E-state index in [9.17, 15) is 9.59 Å². The number of hydrogen-bond acceptors (Lipinski definition) is 2. The highest BCUT2D eigenvalue weighted by Gasteiger charge is 2.24. The molecule has 0 saturated heterocycles. The van der Waals surface area contributed by atoms with Gasteiger partial charge in [0.15, 0.2) is 0 Å². The smallest absolute Gasteiger partial charge is 0.255 e. The van der Waals surface area contributed by atoms with Gasteiger partial charge in [0.1, 0.15) is 6.04 Å². The van der Waals surface area contributed by atoms with Gasteiger partial charge in [0.05, 0.1) is 6.54 Å². The Morgan fingerprint density at radius 3 is 2.58 bits per heavy atom. The fraction of sp³-hybridized carbons (Fsp3) is 0.286. The van der Waals surface area contributed by atoms with Crippen molar-refractivity contribution >= 4 is 23.4 Å². The minimum atomic E-state index is -0.775. The molecule has 0 aliphatic heterocycles. The van der Waals surface area contributed by atoms with Crippen LogP contribution in [0.15, 0.2) is 18.2 Å². The van der Waals surface area contributed by atoms with Gasteiger partial charge in [-0.1, -0.05) is 17.5 Å². The molecule has 0 fully saturated rings. The van der Waals surface area contributed by atoms with Gasteiger partial charge in [0.25, 0.3) is 5.91 Å². The second-order valence-corrected chi connectivity index (χ2v) is 4.67. The second-order valence-electron chi connectivity index (χ2n) is 4.23. The van der Waals surface area contributed by atoms with Crippen LogP contribution >= 0.6 is 11.6 Å². The topological polar surface area (TPSA) is 63.4 Å². The van der Waals surface area contributed by atoms with Gasteiger partial charge in [-0.15, -0.1) is 6.42 Å². The van der Waals surface area contributed by atoms with Gasteiger partial charge < -0.3 is 10.6 Å². The molecule has 0 bridgehead atoms. The summed E-state index contributed by atoms with van der Waals surface area (Å²) in [4.78, 5) is 24.8. The Kier molecular flexibility index (Phi) is 4.96. The van der Waals surface area contributed by atoms with Crippen LogP contribution < -0.4 is 5.73 Å². The Bertz CT molecular complexity index is 529. The lowest BCUT2D eigenvalue weighted by Gasteiger charge is -2.25. The van der Waals surface area contributed by atoms with Crippen molar-refractivity contribution < 1.29 is 9.59 Å². The van der Waals surface area contributed by atoms with Gasteiger partial charge in [-0.3, -0.25) is 9.59 Å². The quantitative estimate of drug-likeness (QED) is 0.850. The molecule has 2 N–H and O–H groups in total. The molecule has 0 aromatic heterocycles. The number of carbonyl (C=O) groups excluding carboxylic acids is 2. The first-order valence-electron chi connectivity index (χ1n) is 5.67. The zero-order valence-corrected chi connectivity index (χ0v) is 11.6. The summed E-state index contributed by atoms with van der Waals surface area (Å²) in [6.07, 6.45) is 5.22. The third-order valence-electron chi connectivity index (χ3n) is 2.69. The molecule has 2 amide bonds. The molecule has 100 valence electrons. The zero-order valence-electron chi connectivity index (χ0n) is 10.8. The highest BCUT2D eigenvalue weighted by Crippen LogP contribution is 2.17. The Hall–Kier alpha value is -1.99. The van der Waals surface area contributed by atoms with E-state index in [-0.39, 0.29) is 12.5 Å². The molecule has 5 heteroatoms. The normalized spacial score (nSPS) is 11.5. The zero-order chi connectivity index (χ0) is 14.6. The Labute approximate surface area is 117 Å². The van der Waals surface area contributed by atoms with Gasteiger partial charge in [0, 0.05) is 10.6 Å². The third-order valence-corrected chi connectivity index (χ3v) is 2.91. The summed E-state index contributed by atoms with van der Waals surface area (Å²) in [5.41, 5.74) is 6.45. The van der Waals surface area contributed by atoms with Gasteiger partial charge in [-0.05, 0) is 37.6 Å². The molecule has 1 aromatic carbocycles. The summed E-state index contributed by atoms with van der Waals surface area (Å²) in [7, 11) is 0. The van der Waals surface area contributed by atoms with Crippen molar-refractivity contribution in [1.29, 1.82) is 0 Å². The second kappa shape index (κ2) is 6.26. The lowest BCUT2D eigenvalue weighted by atomic mass is 10.1. The summed E-state index contributed by atoms with van der Waals surface area (Å²) in [6, 6.07) is 4.18. The van der Waals surface area contributed by atoms with Gasteiger partial charge in [-0.25, -0.2) is 0 Å². The molecule has 1 rings (SSSR count). The Morgan fingerprint density at radius 2 is 2.11 bits per heavy atom. The maximum Gasteiger partial charge on any atom is 0.255 e. The minimum Gasteiger partial charge on any atom is -0.368 e. The van der Waals surface area contributed by atoms with Crippen LogP contribution in [0.25, 0.3) is 0 Å². The lowest BCUT2D eigenvalue weighted by Crippen LogP contribution is -2.46. The number of benzene rings is 1. The molecule has 0 heterocycles. The van der Waals surface area contributed by atoms with Crippen LogP contribution in [0.1, 0.15) is 22.8 Å². The number of aryl methyl sites for hydroxylation is 1. The maximum atomic E-state index is 12.3. The molecule has 0 saturated carbocycles.